The molecule has 0 saturated carbocycles. The molecule has 0 fully saturated rings. The Bertz CT molecular complexity index is 465. The minimum absolute atomic E-state index is 0.0232. The first kappa shape index (κ1) is 14.6. The Morgan fingerprint density at radius 2 is 2.17 bits per heavy atom. The summed E-state index contributed by atoms with van der Waals surface area (Å²) in [5, 5.41) is 11.2. The van der Waals surface area contributed by atoms with Crippen LogP contribution >= 0.6 is 15.9 Å². The third kappa shape index (κ3) is 4.44. The van der Waals surface area contributed by atoms with Crippen LogP contribution in [0, 0.1) is 11.7 Å². The molecule has 0 heterocycles. The molecule has 1 atom stereocenters. The molecule has 2 N–H and O–H groups in total. The van der Waals surface area contributed by atoms with E-state index in [9.17, 15) is 14.0 Å². The molecule has 0 aromatic heterocycles. The Morgan fingerprint density at radius 3 is 2.78 bits per heavy atom. The number of carbonyl (C=O) groups excluding carboxylic acids is 1. The SMILES string of the molecule is CC(CNC(=O)c1cc(F)ccc1Br)CC(=O)O. The van der Waals surface area contributed by atoms with Crippen LogP contribution in [0.1, 0.15) is 23.7 Å². The number of aliphatic carboxylic acids is 1. The molecule has 1 aromatic carbocycles. The average molecular weight is 318 g/mol. The van der Waals surface area contributed by atoms with E-state index in [2.05, 4.69) is 21.2 Å². The molecular formula is C12H13BrFNO3. The van der Waals surface area contributed by atoms with Crippen molar-refractivity contribution < 1.29 is 19.1 Å². The van der Waals surface area contributed by atoms with E-state index in [1.165, 1.54) is 12.1 Å². The quantitative estimate of drug-likeness (QED) is 0.876. The van der Waals surface area contributed by atoms with Gasteiger partial charge >= 0.3 is 5.97 Å². The molecule has 1 unspecified atom stereocenters. The Kier molecular flexibility index (Phi) is 5.27. The smallest absolute Gasteiger partial charge is 0.303 e. The molecule has 0 aliphatic carbocycles. The van der Waals surface area contributed by atoms with Crippen molar-refractivity contribution in [3.05, 3.63) is 34.1 Å². The highest BCUT2D eigenvalue weighted by Gasteiger charge is 2.13. The summed E-state index contributed by atoms with van der Waals surface area (Å²) in [7, 11) is 0. The number of carboxylic acids is 1. The van der Waals surface area contributed by atoms with Gasteiger partial charge in [0.25, 0.3) is 5.91 Å². The Hall–Kier alpha value is -1.43. The molecule has 0 spiro atoms. The number of hydrogen-bond acceptors (Lipinski definition) is 2. The molecule has 6 heteroatoms. The predicted molar refractivity (Wildman–Crippen MR) is 67.9 cm³/mol. The van der Waals surface area contributed by atoms with Crippen LogP contribution in [0.15, 0.2) is 22.7 Å². The number of carboxylic acid groups (broad SMARTS) is 1. The topological polar surface area (TPSA) is 66.4 Å². The second kappa shape index (κ2) is 6.49. The van der Waals surface area contributed by atoms with Gasteiger partial charge in [0.15, 0.2) is 0 Å². The van der Waals surface area contributed by atoms with Crippen molar-refractivity contribution in [2.75, 3.05) is 6.54 Å². The van der Waals surface area contributed by atoms with Gasteiger partial charge < -0.3 is 10.4 Å². The van der Waals surface area contributed by atoms with Gasteiger partial charge in [-0.2, -0.15) is 0 Å². The largest absolute Gasteiger partial charge is 0.481 e. The molecule has 0 aliphatic rings. The number of amides is 1. The van der Waals surface area contributed by atoms with Crippen molar-refractivity contribution in [3.63, 3.8) is 0 Å². The minimum Gasteiger partial charge on any atom is -0.481 e. The lowest BCUT2D eigenvalue weighted by molar-refractivity contribution is -0.137. The normalized spacial score (nSPS) is 11.9. The van der Waals surface area contributed by atoms with Crippen molar-refractivity contribution in [2.24, 2.45) is 5.92 Å². The fraction of sp³-hybridized carbons (Fsp3) is 0.333. The summed E-state index contributed by atoms with van der Waals surface area (Å²) in [5.41, 5.74) is 0.192. The van der Waals surface area contributed by atoms with E-state index < -0.39 is 17.7 Å². The van der Waals surface area contributed by atoms with Crippen molar-refractivity contribution in [2.45, 2.75) is 13.3 Å². The van der Waals surface area contributed by atoms with Crippen LogP contribution in [0.2, 0.25) is 0 Å². The van der Waals surface area contributed by atoms with Gasteiger partial charge in [0.05, 0.1) is 5.56 Å². The standard InChI is InChI=1S/C12H13BrFNO3/c1-7(4-11(16)17)6-15-12(18)9-5-8(14)2-3-10(9)13/h2-3,5,7H,4,6H2,1H3,(H,15,18)(H,16,17). The predicted octanol–water partition coefficient (Wildman–Crippen LogP) is 2.43. The third-order valence-corrected chi connectivity index (χ3v) is 3.00. The number of nitrogens with one attached hydrogen (secondary N) is 1. The second-order valence-electron chi connectivity index (χ2n) is 4.04. The monoisotopic (exact) mass is 317 g/mol. The lowest BCUT2D eigenvalue weighted by atomic mass is 10.1. The first-order valence-electron chi connectivity index (χ1n) is 5.35. The molecule has 1 rings (SSSR count). The zero-order valence-corrected chi connectivity index (χ0v) is 11.3. The molecular weight excluding hydrogens is 305 g/mol. The van der Waals surface area contributed by atoms with Gasteiger partial charge in [0.1, 0.15) is 5.82 Å². The summed E-state index contributed by atoms with van der Waals surface area (Å²) in [6.45, 7) is 1.95. The first-order valence-corrected chi connectivity index (χ1v) is 6.14. The number of hydrogen-bond donors (Lipinski definition) is 2. The number of halogens is 2. The minimum atomic E-state index is -0.913. The third-order valence-electron chi connectivity index (χ3n) is 2.31. The average Bonchev–Trinajstić information content (AvgIpc) is 2.28. The van der Waals surface area contributed by atoms with Crippen molar-refractivity contribution in [1.29, 1.82) is 0 Å². The van der Waals surface area contributed by atoms with Crippen LogP contribution in [0.3, 0.4) is 0 Å². The maximum absolute atomic E-state index is 13.0. The van der Waals surface area contributed by atoms with Crippen molar-refractivity contribution in [1.82, 2.24) is 5.32 Å². The molecule has 98 valence electrons. The van der Waals surface area contributed by atoms with Gasteiger partial charge in [0, 0.05) is 17.4 Å². The van der Waals surface area contributed by atoms with E-state index in [0.717, 1.165) is 6.07 Å². The fourth-order valence-electron chi connectivity index (χ4n) is 1.40. The number of rotatable bonds is 5. The molecule has 1 amide bonds. The summed E-state index contributed by atoms with van der Waals surface area (Å²) >= 11 is 3.16. The zero-order chi connectivity index (χ0) is 13.7. The highest BCUT2D eigenvalue weighted by atomic mass is 79.9. The van der Waals surface area contributed by atoms with E-state index in [4.69, 9.17) is 5.11 Å². The molecule has 0 aliphatic heterocycles. The van der Waals surface area contributed by atoms with Crippen LogP contribution in [0.5, 0.6) is 0 Å². The highest BCUT2D eigenvalue weighted by molar-refractivity contribution is 9.10. The summed E-state index contributed by atoms with van der Waals surface area (Å²) in [6.07, 6.45) is -0.0232. The molecule has 0 saturated heterocycles. The van der Waals surface area contributed by atoms with E-state index in [0.29, 0.717) is 4.47 Å². The van der Waals surface area contributed by atoms with Gasteiger partial charge in [-0.25, -0.2) is 4.39 Å². The number of carbonyl (C=O) groups is 2. The fourth-order valence-corrected chi connectivity index (χ4v) is 1.83. The lowest BCUT2D eigenvalue weighted by Gasteiger charge is -2.11. The van der Waals surface area contributed by atoms with Crippen LogP contribution in [0.25, 0.3) is 0 Å². The van der Waals surface area contributed by atoms with E-state index in [-0.39, 0.29) is 24.4 Å². The van der Waals surface area contributed by atoms with Crippen LogP contribution in [-0.4, -0.2) is 23.5 Å². The Labute approximate surface area is 112 Å². The lowest BCUT2D eigenvalue weighted by Crippen LogP contribution is -2.29. The van der Waals surface area contributed by atoms with Crippen molar-refractivity contribution in [3.8, 4) is 0 Å². The van der Waals surface area contributed by atoms with Crippen LogP contribution < -0.4 is 5.32 Å². The van der Waals surface area contributed by atoms with Crippen molar-refractivity contribution >= 4 is 27.8 Å². The van der Waals surface area contributed by atoms with Gasteiger partial charge in [-0.1, -0.05) is 6.92 Å². The zero-order valence-electron chi connectivity index (χ0n) is 9.74. The molecule has 4 nitrogen and oxygen atoms in total. The second-order valence-corrected chi connectivity index (χ2v) is 4.89. The molecule has 0 bridgehead atoms. The molecule has 0 radical (unpaired) electrons. The maximum Gasteiger partial charge on any atom is 0.303 e. The van der Waals surface area contributed by atoms with Gasteiger partial charge in [0.2, 0.25) is 0 Å². The summed E-state index contributed by atoms with van der Waals surface area (Å²) < 4.78 is 13.5. The first-order chi connectivity index (χ1) is 8.40. The molecule has 18 heavy (non-hydrogen) atoms. The van der Waals surface area contributed by atoms with Crippen LogP contribution in [-0.2, 0) is 4.79 Å². The van der Waals surface area contributed by atoms with Gasteiger partial charge in [-0.05, 0) is 40.0 Å². The maximum atomic E-state index is 13.0. The van der Waals surface area contributed by atoms with Gasteiger partial charge in [-0.15, -0.1) is 0 Å². The van der Waals surface area contributed by atoms with Crippen LogP contribution in [0.4, 0.5) is 4.39 Å². The highest BCUT2D eigenvalue weighted by Crippen LogP contribution is 2.17. The number of benzene rings is 1. The molecule has 1 aromatic rings. The summed E-state index contributed by atoms with van der Waals surface area (Å²) in [6, 6.07) is 3.82. The van der Waals surface area contributed by atoms with E-state index in [1.54, 1.807) is 6.92 Å². The Balaban J connectivity index is 2.60. The summed E-state index contributed by atoms with van der Waals surface area (Å²) in [4.78, 5) is 22.2. The van der Waals surface area contributed by atoms with E-state index >= 15 is 0 Å². The van der Waals surface area contributed by atoms with Gasteiger partial charge in [-0.3, -0.25) is 9.59 Å². The Morgan fingerprint density at radius 1 is 1.50 bits per heavy atom. The van der Waals surface area contributed by atoms with E-state index in [1.807, 2.05) is 0 Å². The summed E-state index contributed by atoms with van der Waals surface area (Å²) in [5.74, 6) is -2.02.